The highest BCUT2D eigenvalue weighted by Gasteiger charge is 2.13. The fraction of sp³-hybridized carbons (Fsp3) is 0.182. The zero-order chi connectivity index (χ0) is 12.4. The average molecular weight is 247 g/mol. The van der Waals surface area contributed by atoms with Crippen LogP contribution in [0.1, 0.15) is 10.6 Å². The molecule has 0 aliphatic heterocycles. The number of hydrogen-bond donors (Lipinski definition) is 2. The summed E-state index contributed by atoms with van der Waals surface area (Å²) in [5.74, 6) is 0.0497. The van der Waals surface area contributed by atoms with Crippen molar-refractivity contribution in [1.29, 1.82) is 5.41 Å². The van der Waals surface area contributed by atoms with E-state index in [9.17, 15) is 0 Å². The molecule has 6 heteroatoms. The molecule has 0 aliphatic rings. The van der Waals surface area contributed by atoms with Gasteiger partial charge in [0.05, 0.1) is 5.69 Å². The molecule has 0 saturated heterocycles. The number of amidine groups is 1. The second-order valence-corrected chi connectivity index (χ2v) is 4.75. The number of nitrogens with zero attached hydrogens (tertiary/aromatic N) is 3. The van der Waals surface area contributed by atoms with Crippen molar-refractivity contribution >= 4 is 28.0 Å². The van der Waals surface area contributed by atoms with Gasteiger partial charge in [-0.3, -0.25) is 5.41 Å². The van der Waals surface area contributed by atoms with E-state index >= 15 is 0 Å². The SMILES string of the molecule is Cc1nnc(N(C)c2ccccc2C(=N)N)s1. The van der Waals surface area contributed by atoms with Crippen LogP contribution in [0, 0.1) is 12.3 Å². The summed E-state index contributed by atoms with van der Waals surface area (Å²) in [5.41, 5.74) is 7.11. The molecule has 0 spiro atoms. The molecule has 5 nitrogen and oxygen atoms in total. The minimum atomic E-state index is 0.0497. The van der Waals surface area contributed by atoms with Crippen molar-refractivity contribution in [3.8, 4) is 0 Å². The zero-order valence-electron chi connectivity index (χ0n) is 9.64. The van der Waals surface area contributed by atoms with Gasteiger partial charge in [0.2, 0.25) is 5.13 Å². The fourth-order valence-electron chi connectivity index (χ4n) is 1.52. The fourth-order valence-corrected chi connectivity index (χ4v) is 2.18. The molecule has 2 aromatic rings. The standard InChI is InChI=1S/C11H13N5S/c1-7-14-15-11(17-7)16(2)9-6-4-3-5-8(9)10(12)13/h3-6H,1-2H3,(H3,12,13). The maximum atomic E-state index is 7.56. The number of rotatable bonds is 3. The molecular weight excluding hydrogens is 234 g/mol. The lowest BCUT2D eigenvalue weighted by atomic mass is 10.1. The molecule has 0 amide bonds. The maximum absolute atomic E-state index is 7.56. The molecule has 17 heavy (non-hydrogen) atoms. The smallest absolute Gasteiger partial charge is 0.212 e. The van der Waals surface area contributed by atoms with Gasteiger partial charge in [0, 0.05) is 12.6 Å². The first-order chi connectivity index (χ1) is 8.09. The molecule has 0 fully saturated rings. The van der Waals surface area contributed by atoms with Crippen LogP contribution in [0.15, 0.2) is 24.3 Å². The first-order valence-electron chi connectivity index (χ1n) is 5.07. The van der Waals surface area contributed by atoms with E-state index in [-0.39, 0.29) is 5.84 Å². The van der Waals surface area contributed by atoms with Crippen molar-refractivity contribution in [1.82, 2.24) is 10.2 Å². The predicted octanol–water partition coefficient (Wildman–Crippen LogP) is 1.90. The molecule has 1 aromatic carbocycles. The third kappa shape index (κ3) is 2.26. The number of aromatic nitrogens is 2. The van der Waals surface area contributed by atoms with E-state index in [1.54, 1.807) is 0 Å². The first-order valence-corrected chi connectivity index (χ1v) is 5.88. The molecule has 0 aliphatic carbocycles. The minimum absolute atomic E-state index is 0.0497. The minimum Gasteiger partial charge on any atom is -0.384 e. The lowest BCUT2D eigenvalue weighted by Gasteiger charge is -2.18. The average Bonchev–Trinajstić information content (AvgIpc) is 2.75. The second-order valence-electron chi connectivity index (χ2n) is 3.59. The Kier molecular flexibility index (Phi) is 3.06. The summed E-state index contributed by atoms with van der Waals surface area (Å²) in [6, 6.07) is 7.50. The van der Waals surface area contributed by atoms with E-state index in [2.05, 4.69) is 10.2 Å². The van der Waals surface area contributed by atoms with Gasteiger partial charge < -0.3 is 10.6 Å². The van der Waals surface area contributed by atoms with Gasteiger partial charge in [-0.15, -0.1) is 10.2 Å². The number of hydrogen-bond acceptors (Lipinski definition) is 5. The third-order valence-electron chi connectivity index (χ3n) is 2.36. The Morgan fingerprint density at radius 1 is 1.35 bits per heavy atom. The maximum Gasteiger partial charge on any atom is 0.212 e. The molecule has 1 heterocycles. The molecule has 1 aromatic heterocycles. The summed E-state index contributed by atoms with van der Waals surface area (Å²) >= 11 is 1.50. The van der Waals surface area contributed by atoms with Crippen LogP contribution in [0.5, 0.6) is 0 Å². The lowest BCUT2D eigenvalue weighted by Crippen LogP contribution is -2.18. The number of nitrogens with two attached hydrogens (primary N) is 1. The molecule has 0 radical (unpaired) electrons. The summed E-state index contributed by atoms with van der Waals surface area (Å²) < 4.78 is 0. The molecular formula is C11H13N5S. The van der Waals surface area contributed by atoms with Gasteiger partial charge in [-0.1, -0.05) is 23.5 Å². The Morgan fingerprint density at radius 2 is 2.06 bits per heavy atom. The van der Waals surface area contributed by atoms with Crippen LogP contribution in [-0.2, 0) is 0 Å². The topological polar surface area (TPSA) is 78.9 Å². The second kappa shape index (κ2) is 4.50. The van der Waals surface area contributed by atoms with Crippen molar-refractivity contribution < 1.29 is 0 Å². The Bertz CT molecular complexity index is 548. The Hall–Kier alpha value is -1.95. The van der Waals surface area contributed by atoms with Crippen LogP contribution in [0.2, 0.25) is 0 Å². The van der Waals surface area contributed by atoms with E-state index in [0.717, 1.165) is 15.8 Å². The van der Waals surface area contributed by atoms with Crippen LogP contribution >= 0.6 is 11.3 Å². The lowest BCUT2D eigenvalue weighted by molar-refractivity contribution is 1.02. The molecule has 0 bridgehead atoms. The van der Waals surface area contributed by atoms with Gasteiger partial charge in [-0.25, -0.2) is 0 Å². The normalized spacial score (nSPS) is 10.2. The van der Waals surface area contributed by atoms with Crippen molar-refractivity contribution in [3.63, 3.8) is 0 Å². The van der Waals surface area contributed by atoms with Gasteiger partial charge in [0.25, 0.3) is 0 Å². The van der Waals surface area contributed by atoms with Gasteiger partial charge in [-0.2, -0.15) is 0 Å². The number of para-hydroxylation sites is 1. The van der Waals surface area contributed by atoms with Crippen molar-refractivity contribution in [2.75, 3.05) is 11.9 Å². The van der Waals surface area contributed by atoms with Crippen molar-refractivity contribution in [3.05, 3.63) is 34.8 Å². The number of nitrogen functional groups attached to an aromatic ring is 1. The van der Waals surface area contributed by atoms with Crippen LogP contribution in [0.4, 0.5) is 10.8 Å². The van der Waals surface area contributed by atoms with Crippen LogP contribution < -0.4 is 10.6 Å². The number of aryl methyl sites for hydroxylation is 1. The van der Waals surface area contributed by atoms with Crippen molar-refractivity contribution in [2.45, 2.75) is 6.92 Å². The highest BCUT2D eigenvalue weighted by atomic mass is 32.1. The molecule has 0 saturated carbocycles. The highest BCUT2D eigenvalue weighted by molar-refractivity contribution is 7.15. The molecule has 0 unspecified atom stereocenters. The summed E-state index contributed by atoms with van der Waals surface area (Å²) in [6.45, 7) is 1.91. The predicted molar refractivity (Wildman–Crippen MR) is 70.2 cm³/mol. The zero-order valence-corrected chi connectivity index (χ0v) is 10.5. The summed E-state index contributed by atoms with van der Waals surface area (Å²) in [4.78, 5) is 1.89. The van der Waals surface area contributed by atoms with E-state index in [1.807, 2.05) is 43.1 Å². The number of benzene rings is 1. The van der Waals surface area contributed by atoms with E-state index in [1.165, 1.54) is 11.3 Å². The van der Waals surface area contributed by atoms with E-state index in [4.69, 9.17) is 11.1 Å². The van der Waals surface area contributed by atoms with Crippen LogP contribution in [-0.4, -0.2) is 23.1 Å². The summed E-state index contributed by atoms with van der Waals surface area (Å²) in [6.07, 6.45) is 0. The summed E-state index contributed by atoms with van der Waals surface area (Å²) in [5, 5.41) is 17.3. The Morgan fingerprint density at radius 3 is 2.65 bits per heavy atom. The third-order valence-corrected chi connectivity index (χ3v) is 3.27. The highest BCUT2D eigenvalue weighted by Crippen LogP contribution is 2.28. The summed E-state index contributed by atoms with van der Waals surface area (Å²) in [7, 11) is 1.89. The van der Waals surface area contributed by atoms with Gasteiger partial charge in [0.1, 0.15) is 10.8 Å². The van der Waals surface area contributed by atoms with Gasteiger partial charge in [-0.05, 0) is 19.1 Å². The molecule has 2 rings (SSSR count). The molecule has 0 atom stereocenters. The number of anilines is 2. The van der Waals surface area contributed by atoms with Gasteiger partial charge in [0.15, 0.2) is 0 Å². The van der Waals surface area contributed by atoms with Crippen LogP contribution in [0.3, 0.4) is 0 Å². The Balaban J connectivity index is 2.43. The van der Waals surface area contributed by atoms with Gasteiger partial charge >= 0.3 is 0 Å². The quantitative estimate of drug-likeness (QED) is 0.641. The molecule has 3 N–H and O–H groups in total. The monoisotopic (exact) mass is 247 g/mol. The first kappa shape index (κ1) is 11.5. The van der Waals surface area contributed by atoms with E-state index in [0.29, 0.717) is 5.56 Å². The molecule has 88 valence electrons. The van der Waals surface area contributed by atoms with Crippen molar-refractivity contribution in [2.24, 2.45) is 5.73 Å². The Labute approximate surface area is 103 Å². The van der Waals surface area contributed by atoms with Crippen LogP contribution in [0.25, 0.3) is 0 Å². The number of nitrogens with one attached hydrogen (secondary N) is 1. The van der Waals surface area contributed by atoms with E-state index < -0.39 is 0 Å². The largest absolute Gasteiger partial charge is 0.384 e.